The summed E-state index contributed by atoms with van der Waals surface area (Å²) in [7, 11) is 0. The summed E-state index contributed by atoms with van der Waals surface area (Å²) in [4.78, 5) is 11.6. The molecule has 1 fully saturated rings. The van der Waals surface area contributed by atoms with Gasteiger partial charge >= 0.3 is 6.09 Å². The number of hydrazine groups is 2. The van der Waals surface area contributed by atoms with Crippen molar-refractivity contribution in [2.24, 2.45) is 11.8 Å². The van der Waals surface area contributed by atoms with Crippen molar-refractivity contribution in [3.05, 3.63) is 0 Å². The molecule has 88 valence electrons. The smallest absolute Gasteiger partial charge is 0.439 e. The number of hydrogen-bond acceptors (Lipinski definition) is 4. The molecule has 5 heteroatoms. The van der Waals surface area contributed by atoms with Gasteiger partial charge < -0.3 is 4.74 Å². The SMILES string of the molecule is C[C@H]1CCN(N(N)C(=O)OC(C)(C)C)C1. The van der Waals surface area contributed by atoms with Crippen molar-refractivity contribution in [1.29, 1.82) is 0 Å². The molecular weight excluding hydrogens is 194 g/mol. The Morgan fingerprint density at radius 1 is 1.53 bits per heavy atom. The lowest BCUT2D eigenvalue weighted by Gasteiger charge is -2.29. The van der Waals surface area contributed by atoms with E-state index in [1.165, 1.54) is 0 Å². The predicted octanol–water partition coefficient (Wildman–Crippen LogP) is 1.35. The highest BCUT2D eigenvalue weighted by atomic mass is 16.6. The van der Waals surface area contributed by atoms with Gasteiger partial charge in [0.05, 0.1) is 0 Å². The van der Waals surface area contributed by atoms with Crippen LogP contribution in [0.4, 0.5) is 4.79 Å². The highest BCUT2D eigenvalue weighted by Crippen LogP contribution is 2.17. The van der Waals surface area contributed by atoms with Gasteiger partial charge in [0.25, 0.3) is 0 Å². The number of carbonyl (C=O) groups is 1. The second kappa shape index (κ2) is 4.37. The summed E-state index contributed by atoms with van der Waals surface area (Å²) in [5.74, 6) is 6.26. The molecule has 1 atom stereocenters. The second-order valence-electron chi connectivity index (χ2n) is 5.13. The van der Waals surface area contributed by atoms with Gasteiger partial charge in [0.1, 0.15) is 5.60 Å². The summed E-state index contributed by atoms with van der Waals surface area (Å²) in [6.07, 6.45) is 0.577. The van der Waals surface area contributed by atoms with Gasteiger partial charge in [-0.2, -0.15) is 5.12 Å². The summed E-state index contributed by atoms with van der Waals surface area (Å²) >= 11 is 0. The molecule has 2 N–H and O–H groups in total. The Bertz CT molecular complexity index is 237. The van der Waals surface area contributed by atoms with E-state index in [2.05, 4.69) is 6.92 Å². The normalized spacial score (nSPS) is 22.9. The molecule has 0 bridgehead atoms. The fourth-order valence-corrected chi connectivity index (χ4v) is 1.53. The fourth-order valence-electron chi connectivity index (χ4n) is 1.53. The number of rotatable bonds is 1. The van der Waals surface area contributed by atoms with Gasteiger partial charge in [-0.3, -0.25) is 0 Å². The second-order valence-corrected chi connectivity index (χ2v) is 5.13. The molecule has 0 unspecified atom stereocenters. The molecule has 0 spiro atoms. The lowest BCUT2D eigenvalue weighted by atomic mass is 10.2. The van der Waals surface area contributed by atoms with E-state index in [9.17, 15) is 4.79 Å². The highest BCUT2D eigenvalue weighted by Gasteiger charge is 2.28. The first-order valence-corrected chi connectivity index (χ1v) is 5.32. The molecule has 0 aliphatic carbocycles. The van der Waals surface area contributed by atoms with Crippen LogP contribution in [0, 0.1) is 5.92 Å². The van der Waals surface area contributed by atoms with Crippen LogP contribution in [0.2, 0.25) is 0 Å². The summed E-state index contributed by atoms with van der Waals surface area (Å²) in [5.41, 5.74) is -0.500. The predicted molar refractivity (Wildman–Crippen MR) is 57.6 cm³/mol. The molecule has 15 heavy (non-hydrogen) atoms. The molecule has 1 heterocycles. The van der Waals surface area contributed by atoms with Crippen LogP contribution in [0.5, 0.6) is 0 Å². The third-order valence-electron chi connectivity index (χ3n) is 2.29. The average Bonchev–Trinajstić information content (AvgIpc) is 2.47. The molecule has 0 aromatic rings. The number of hydrogen-bond donors (Lipinski definition) is 1. The van der Waals surface area contributed by atoms with Gasteiger partial charge in [-0.25, -0.2) is 15.6 Å². The zero-order valence-corrected chi connectivity index (χ0v) is 9.99. The average molecular weight is 215 g/mol. The summed E-state index contributed by atoms with van der Waals surface area (Å²) in [6, 6.07) is 0. The van der Waals surface area contributed by atoms with Crippen LogP contribution in [0.3, 0.4) is 0 Å². The summed E-state index contributed by atoms with van der Waals surface area (Å²) in [6.45, 7) is 9.25. The quantitative estimate of drug-likeness (QED) is 0.407. The van der Waals surface area contributed by atoms with Crippen molar-refractivity contribution in [2.45, 2.75) is 39.7 Å². The van der Waals surface area contributed by atoms with Crippen molar-refractivity contribution in [2.75, 3.05) is 13.1 Å². The molecule has 0 aromatic heterocycles. The Morgan fingerprint density at radius 2 is 2.13 bits per heavy atom. The van der Waals surface area contributed by atoms with Gasteiger partial charge in [-0.1, -0.05) is 6.92 Å². The summed E-state index contributed by atoms with van der Waals surface area (Å²) < 4.78 is 5.17. The minimum atomic E-state index is -0.500. The van der Waals surface area contributed by atoms with Crippen molar-refractivity contribution < 1.29 is 9.53 Å². The van der Waals surface area contributed by atoms with Crippen LogP contribution in [-0.4, -0.2) is 34.9 Å². The molecule has 1 amide bonds. The van der Waals surface area contributed by atoms with Crippen LogP contribution in [0.25, 0.3) is 0 Å². The molecule has 0 saturated carbocycles. The van der Waals surface area contributed by atoms with Crippen LogP contribution >= 0.6 is 0 Å². The first-order chi connectivity index (χ1) is 6.79. The highest BCUT2D eigenvalue weighted by molar-refractivity contribution is 5.66. The Kier molecular flexibility index (Phi) is 3.57. The van der Waals surface area contributed by atoms with E-state index in [1.54, 1.807) is 0 Å². The standard InChI is InChI=1S/C10H21N3O2/c1-8-5-6-12(7-8)13(11)9(14)15-10(2,3)4/h8H,5-7,11H2,1-4H3/t8-/m0/s1. The third-order valence-corrected chi connectivity index (χ3v) is 2.29. The maximum atomic E-state index is 11.6. The van der Waals surface area contributed by atoms with Crippen LogP contribution in [0.1, 0.15) is 34.1 Å². The zero-order valence-electron chi connectivity index (χ0n) is 9.99. The van der Waals surface area contributed by atoms with Crippen LogP contribution in [0.15, 0.2) is 0 Å². The lowest BCUT2D eigenvalue weighted by molar-refractivity contribution is -0.0427. The van der Waals surface area contributed by atoms with E-state index in [0.717, 1.165) is 24.6 Å². The van der Waals surface area contributed by atoms with Crippen molar-refractivity contribution in [3.63, 3.8) is 0 Å². The topological polar surface area (TPSA) is 58.8 Å². The van der Waals surface area contributed by atoms with E-state index in [-0.39, 0.29) is 0 Å². The maximum absolute atomic E-state index is 11.6. The monoisotopic (exact) mass is 215 g/mol. The van der Waals surface area contributed by atoms with Crippen molar-refractivity contribution in [3.8, 4) is 0 Å². The first kappa shape index (κ1) is 12.3. The zero-order chi connectivity index (χ0) is 11.6. The van der Waals surface area contributed by atoms with Gasteiger partial charge in [0, 0.05) is 13.1 Å². The largest absolute Gasteiger partial charge is 0.442 e. The Hall–Kier alpha value is -0.810. The van der Waals surface area contributed by atoms with Gasteiger partial charge in [-0.15, -0.1) is 0 Å². The lowest BCUT2D eigenvalue weighted by Crippen LogP contribution is -2.51. The van der Waals surface area contributed by atoms with E-state index < -0.39 is 11.7 Å². The van der Waals surface area contributed by atoms with E-state index in [0.29, 0.717) is 5.92 Å². The molecule has 1 aliphatic rings. The van der Waals surface area contributed by atoms with Crippen molar-refractivity contribution in [1.82, 2.24) is 10.1 Å². The van der Waals surface area contributed by atoms with Crippen LogP contribution in [-0.2, 0) is 4.74 Å². The van der Waals surface area contributed by atoms with Gasteiger partial charge in [0.2, 0.25) is 0 Å². The number of carbonyl (C=O) groups excluding carboxylic acids is 1. The number of amides is 1. The molecule has 0 radical (unpaired) electrons. The van der Waals surface area contributed by atoms with E-state index in [1.807, 2.05) is 25.8 Å². The van der Waals surface area contributed by atoms with Crippen molar-refractivity contribution >= 4 is 6.09 Å². The molecule has 1 aliphatic heterocycles. The third kappa shape index (κ3) is 3.68. The van der Waals surface area contributed by atoms with E-state index >= 15 is 0 Å². The first-order valence-electron chi connectivity index (χ1n) is 5.32. The molecule has 5 nitrogen and oxygen atoms in total. The minimum absolute atomic E-state index is 0.489. The minimum Gasteiger partial charge on any atom is -0.442 e. The Labute approximate surface area is 91.1 Å². The van der Waals surface area contributed by atoms with Gasteiger partial charge in [-0.05, 0) is 33.1 Å². The number of ether oxygens (including phenoxy) is 1. The Morgan fingerprint density at radius 3 is 2.53 bits per heavy atom. The summed E-state index contributed by atoms with van der Waals surface area (Å²) in [5, 5.41) is 2.91. The number of nitrogens with two attached hydrogens (primary N) is 1. The number of nitrogens with zero attached hydrogens (tertiary/aromatic N) is 2. The van der Waals surface area contributed by atoms with E-state index in [4.69, 9.17) is 10.6 Å². The maximum Gasteiger partial charge on any atom is 0.439 e. The molecule has 1 saturated heterocycles. The molecule has 0 aromatic carbocycles. The van der Waals surface area contributed by atoms with Crippen LogP contribution < -0.4 is 5.84 Å². The molecular formula is C10H21N3O2. The Balaban J connectivity index is 2.46. The fraction of sp³-hybridized carbons (Fsp3) is 0.900. The van der Waals surface area contributed by atoms with Gasteiger partial charge in [0.15, 0.2) is 0 Å². The molecule has 1 rings (SSSR count).